The Kier molecular flexibility index (Phi) is 11.6. The summed E-state index contributed by atoms with van der Waals surface area (Å²) in [7, 11) is -2.34. The molecule has 10 N–H and O–H groups in total. The summed E-state index contributed by atoms with van der Waals surface area (Å²) in [5, 5.41) is 10.3. The minimum absolute atomic E-state index is 0.0269. The van der Waals surface area contributed by atoms with E-state index in [1.807, 2.05) is 43.3 Å². The van der Waals surface area contributed by atoms with Crippen LogP contribution in [0.25, 0.3) is 22.0 Å². The van der Waals surface area contributed by atoms with Gasteiger partial charge >= 0.3 is 0 Å². The Hall–Kier alpha value is -4.28. The molecule has 262 valence electrons. The third-order valence-corrected chi connectivity index (χ3v) is 11.1. The summed E-state index contributed by atoms with van der Waals surface area (Å²) >= 11 is 8.25. The average Bonchev–Trinajstić information content (AvgIpc) is 3.43. The lowest BCUT2D eigenvalue weighted by Crippen LogP contribution is -2.54. The Morgan fingerprint density at radius 1 is 1.02 bits per heavy atom. The molecule has 0 radical (unpaired) electrons. The number of primary sulfonamides is 1. The number of halogens is 1. The van der Waals surface area contributed by atoms with Gasteiger partial charge in [-0.25, -0.2) is 18.5 Å². The van der Waals surface area contributed by atoms with E-state index in [9.17, 15) is 18.0 Å². The number of nitrogens with one attached hydrogen (secondary N) is 2. The fourth-order valence-corrected chi connectivity index (χ4v) is 7.56. The predicted octanol–water partition coefficient (Wildman–Crippen LogP) is 3.42. The second kappa shape index (κ2) is 15.7. The number of carbonyl (C=O) groups excluding carboxylic acids is 2. The van der Waals surface area contributed by atoms with Crippen LogP contribution in [0.1, 0.15) is 22.4 Å². The highest BCUT2D eigenvalue weighted by molar-refractivity contribution is 7.99. The molecule has 2 heterocycles. The largest absolute Gasteiger partial charge is 0.358 e. The van der Waals surface area contributed by atoms with E-state index in [0.29, 0.717) is 31.6 Å². The Bertz CT molecular complexity index is 2140. The minimum Gasteiger partial charge on any atom is -0.358 e. The number of sulfonamides is 1. The summed E-state index contributed by atoms with van der Waals surface area (Å²) in [4.78, 5) is 37.3. The zero-order chi connectivity index (χ0) is 36.2. The van der Waals surface area contributed by atoms with Crippen molar-refractivity contribution in [2.75, 3.05) is 13.6 Å². The topological polar surface area (TPSA) is 216 Å². The molecular weight excluding hydrogens is 696 g/mol. The summed E-state index contributed by atoms with van der Waals surface area (Å²) < 4.78 is 23.7. The van der Waals surface area contributed by atoms with E-state index in [1.165, 1.54) is 28.8 Å². The van der Waals surface area contributed by atoms with Crippen molar-refractivity contribution in [3.63, 3.8) is 0 Å². The first-order chi connectivity index (χ1) is 23.8. The number of hydrogen-bond donors (Lipinski definition) is 6. The van der Waals surface area contributed by atoms with Crippen molar-refractivity contribution in [1.82, 2.24) is 20.2 Å². The molecule has 0 spiro atoms. The lowest BCUT2D eigenvalue weighted by molar-refractivity contribution is -0.139. The lowest BCUT2D eigenvalue weighted by atomic mass is 10.00. The van der Waals surface area contributed by atoms with Crippen LogP contribution < -0.4 is 27.7 Å². The SMILES string of the molecule is Cc1[nH]c2ccccc2c1C[C@@H](C(=O)NCc1cc(-c2ccc(S(N)(=O)=O)cc2)cc(Cl)c1Sc1ncccc1CN)N(C)C(=O)[C@@H](N)CN. The number of likely N-dealkylation sites (N-methyl/N-ethyl adjacent to an activating group) is 1. The molecule has 0 aliphatic heterocycles. The number of aryl methyl sites for hydroxylation is 1. The van der Waals surface area contributed by atoms with Gasteiger partial charge in [0.1, 0.15) is 11.1 Å². The van der Waals surface area contributed by atoms with E-state index in [0.717, 1.165) is 27.7 Å². The molecule has 2 amide bonds. The van der Waals surface area contributed by atoms with Crippen molar-refractivity contribution >= 4 is 56.1 Å². The molecule has 2 atom stereocenters. The monoisotopic (exact) mass is 734 g/mol. The van der Waals surface area contributed by atoms with Gasteiger partial charge in [0.25, 0.3) is 0 Å². The maximum absolute atomic E-state index is 14.2. The highest BCUT2D eigenvalue weighted by Gasteiger charge is 2.31. The molecule has 2 aromatic heterocycles. The molecule has 0 aliphatic carbocycles. The second-order valence-electron chi connectivity index (χ2n) is 11.8. The normalized spacial score (nSPS) is 12.9. The number of amides is 2. The molecular formula is C35H39ClN8O4S2. The zero-order valence-electron chi connectivity index (χ0n) is 27.5. The number of H-pyrrole nitrogens is 1. The van der Waals surface area contributed by atoms with Crippen LogP contribution in [0.2, 0.25) is 5.02 Å². The van der Waals surface area contributed by atoms with Crippen molar-refractivity contribution < 1.29 is 18.0 Å². The number of hydrogen-bond acceptors (Lipinski definition) is 9. The van der Waals surface area contributed by atoms with Crippen molar-refractivity contribution in [3.8, 4) is 11.1 Å². The number of benzene rings is 3. The smallest absolute Gasteiger partial charge is 0.243 e. The number of nitrogens with two attached hydrogens (primary N) is 4. The molecule has 3 aromatic carbocycles. The van der Waals surface area contributed by atoms with E-state index in [1.54, 1.807) is 37.5 Å². The number of nitrogens with zero attached hydrogens (tertiary/aromatic N) is 2. The molecule has 50 heavy (non-hydrogen) atoms. The van der Waals surface area contributed by atoms with Crippen LogP contribution in [-0.2, 0) is 39.1 Å². The van der Waals surface area contributed by atoms with Crippen LogP contribution in [0.3, 0.4) is 0 Å². The first-order valence-electron chi connectivity index (χ1n) is 15.7. The molecule has 12 nitrogen and oxygen atoms in total. The van der Waals surface area contributed by atoms with Crippen LogP contribution in [0, 0.1) is 6.92 Å². The van der Waals surface area contributed by atoms with Gasteiger partial charge in [-0.1, -0.05) is 59.8 Å². The first-order valence-corrected chi connectivity index (χ1v) is 18.4. The van der Waals surface area contributed by atoms with Gasteiger partial charge in [0.05, 0.1) is 16.0 Å². The van der Waals surface area contributed by atoms with Crippen LogP contribution in [-0.4, -0.2) is 60.8 Å². The predicted molar refractivity (Wildman–Crippen MR) is 197 cm³/mol. The van der Waals surface area contributed by atoms with E-state index in [-0.39, 0.29) is 31.0 Å². The van der Waals surface area contributed by atoms with Crippen LogP contribution in [0.4, 0.5) is 0 Å². The highest BCUT2D eigenvalue weighted by Crippen LogP contribution is 2.39. The lowest BCUT2D eigenvalue weighted by Gasteiger charge is -2.29. The van der Waals surface area contributed by atoms with E-state index >= 15 is 0 Å². The molecule has 5 aromatic rings. The van der Waals surface area contributed by atoms with Crippen molar-refractivity contribution in [1.29, 1.82) is 0 Å². The molecule has 5 rings (SSSR count). The Labute approximate surface area is 300 Å². The zero-order valence-corrected chi connectivity index (χ0v) is 29.9. The van der Waals surface area contributed by atoms with Gasteiger partial charge < -0.3 is 32.4 Å². The van der Waals surface area contributed by atoms with Crippen LogP contribution in [0.15, 0.2) is 93.8 Å². The maximum Gasteiger partial charge on any atom is 0.243 e. The number of rotatable bonds is 13. The van der Waals surface area contributed by atoms with Gasteiger partial charge in [0.2, 0.25) is 21.8 Å². The third-order valence-electron chi connectivity index (χ3n) is 8.47. The van der Waals surface area contributed by atoms with Crippen molar-refractivity contribution in [2.24, 2.45) is 22.3 Å². The summed E-state index contributed by atoms with van der Waals surface area (Å²) in [5.74, 6) is -0.871. The fraction of sp³-hybridized carbons (Fsp3) is 0.229. The molecule has 0 unspecified atom stereocenters. The van der Waals surface area contributed by atoms with E-state index in [2.05, 4.69) is 15.3 Å². The number of aromatic nitrogens is 2. The second-order valence-corrected chi connectivity index (χ2v) is 14.8. The Morgan fingerprint density at radius 3 is 2.42 bits per heavy atom. The average molecular weight is 735 g/mol. The number of aromatic amines is 1. The Balaban J connectivity index is 1.52. The standard InChI is InChI=1S/C35H39ClN8O4S2/c1-20-27(26-7-3-4-8-30(26)43-20)16-31(44(2)35(46)29(39)18-38)33(45)42-19-24-14-23(21-9-11-25(12-10-21)50(40,47)48)15-28(36)32(24)49-34-22(17-37)6-5-13-41-34/h3-15,29,31,43H,16-19,37-39H2,1-2H3,(H,42,45)(H2,40,47,48)/t29-,31-/m0/s1. The summed E-state index contributed by atoms with van der Waals surface area (Å²) in [5.41, 5.74) is 23.3. The van der Waals surface area contributed by atoms with Crippen LogP contribution >= 0.6 is 23.4 Å². The Morgan fingerprint density at radius 2 is 1.74 bits per heavy atom. The quantitative estimate of drug-likeness (QED) is 0.104. The molecule has 0 fully saturated rings. The van der Waals surface area contributed by atoms with Gasteiger partial charge in [0.15, 0.2) is 0 Å². The maximum atomic E-state index is 14.2. The third kappa shape index (κ3) is 8.19. The molecule has 15 heteroatoms. The first kappa shape index (κ1) is 37.0. The van der Waals surface area contributed by atoms with Gasteiger partial charge in [0, 0.05) is 60.8 Å². The summed E-state index contributed by atoms with van der Waals surface area (Å²) in [6.45, 7) is 2.14. The number of pyridine rings is 1. The summed E-state index contributed by atoms with van der Waals surface area (Å²) in [6.07, 6.45) is 1.88. The molecule has 0 aliphatic rings. The van der Waals surface area contributed by atoms with Crippen molar-refractivity contribution in [2.45, 2.75) is 53.3 Å². The number of fused-ring (bicyclic) bond motifs is 1. The highest BCUT2D eigenvalue weighted by atomic mass is 35.5. The van der Waals surface area contributed by atoms with Gasteiger partial charge in [-0.2, -0.15) is 0 Å². The number of carbonyl (C=O) groups is 2. The number of para-hydroxylation sites is 1. The van der Waals surface area contributed by atoms with E-state index < -0.39 is 33.9 Å². The van der Waals surface area contributed by atoms with Crippen LogP contribution in [0.5, 0.6) is 0 Å². The van der Waals surface area contributed by atoms with Gasteiger partial charge in [-0.15, -0.1) is 0 Å². The van der Waals surface area contributed by atoms with E-state index in [4.69, 9.17) is 33.9 Å². The summed E-state index contributed by atoms with van der Waals surface area (Å²) in [6, 6.07) is 19.3. The van der Waals surface area contributed by atoms with Gasteiger partial charge in [-0.3, -0.25) is 9.59 Å². The fourth-order valence-electron chi connectivity index (χ4n) is 5.68. The molecule has 0 saturated carbocycles. The molecule has 0 bridgehead atoms. The van der Waals surface area contributed by atoms with Gasteiger partial charge in [-0.05, 0) is 71.1 Å². The molecule has 0 saturated heterocycles. The van der Waals surface area contributed by atoms with Crippen molar-refractivity contribution in [3.05, 3.63) is 106 Å². The minimum atomic E-state index is -3.89.